The topological polar surface area (TPSA) is 12.4 Å². The van der Waals surface area contributed by atoms with E-state index >= 15 is 0 Å². The minimum absolute atomic E-state index is 0.187. The number of nitrogens with zero attached hydrogens (tertiary/aromatic N) is 1. The molecule has 0 N–H and O–H groups in total. The molecule has 0 amide bonds. The number of halogens is 1. The number of rotatable bonds is 5. The number of hydrogen-bond donors (Lipinski definition) is 0. The summed E-state index contributed by atoms with van der Waals surface area (Å²) in [4.78, 5) is 4.46. The van der Waals surface area contributed by atoms with Gasteiger partial charge in [0.05, 0.1) is 5.70 Å². The summed E-state index contributed by atoms with van der Waals surface area (Å²) in [6.07, 6.45) is 3.30. The lowest BCUT2D eigenvalue weighted by Gasteiger charge is -2.05. The van der Waals surface area contributed by atoms with Gasteiger partial charge in [0.25, 0.3) is 0 Å². The third kappa shape index (κ3) is 4.14. The van der Waals surface area contributed by atoms with Gasteiger partial charge in [-0.15, -0.1) is 0 Å². The van der Waals surface area contributed by atoms with Crippen molar-refractivity contribution < 1.29 is 4.39 Å². The van der Waals surface area contributed by atoms with Crippen LogP contribution in [0.3, 0.4) is 0 Å². The standard InChI is InChI=1S/C15H20FN/c1-5-6-7-12(3)17-13(4)14-8-9-15(16)11(2)10-14/h8-10H,4-7H2,1-3H3. The molecule has 1 nitrogen and oxygen atoms in total. The maximum atomic E-state index is 13.1. The number of benzene rings is 1. The minimum Gasteiger partial charge on any atom is -0.258 e. The summed E-state index contributed by atoms with van der Waals surface area (Å²) < 4.78 is 13.1. The first-order valence-electron chi connectivity index (χ1n) is 6.04. The molecule has 17 heavy (non-hydrogen) atoms. The maximum absolute atomic E-state index is 13.1. The predicted molar refractivity (Wildman–Crippen MR) is 72.8 cm³/mol. The van der Waals surface area contributed by atoms with Crippen molar-refractivity contribution >= 4 is 11.4 Å². The predicted octanol–water partition coefficient (Wildman–Crippen LogP) is 4.76. The Morgan fingerprint density at radius 2 is 2.12 bits per heavy atom. The van der Waals surface area contributed by atoms with Crippen molar-refractivity contribution in [1.82, 2.24) is 0 Å². The lowest BCUT2D eigenvalue weighted by Crippen LogP contribution is -1.93. The van der Waals surface area contributed by atoms with Crippen LogP contribution in [0, 0.1) is 12.7 Å². The molecule has 0 saturated heterocycles. The molecule has 0 heterocycles. The summed E-state index contributed by atoms with van der Waals surface area (Å²) in [7, 11) is 0. The highest BCUT2D eigenvalue weighted by Gasteiger charge is 2.02. The molecule has 0 aliphatic heterocycles. The van der Waals surface area contributed by atoms with E-state index in [9.17, 15) is 4.39 Å². The molecular weight excluding hydrogens is 213 g/mol. The van der Waals surface area contributed by atoms with Crippen molar-refractivity contribution in [1.29, 1.82) is 0 Å². The lowest BCUT2D eigenvalue weighted by molar-refractivity contribution is 0.618. The maximum Gasteiger partial charge on any atom is 0.126 e. The molecule has 0 bridgehead atoms. The fraction of sp³-hybridized carbons (Fsp3) is 0.400. The van der Waals surface area contributed by atoms with Crippen LogP contribution in [0.4, 0.5) is 4.39 Å². The Labute approximate surface area is 103 Å². The summed E-state index contributed by atoms with van der Waals surface area (Å²) in [5.74, 6) is -0.187. The average Bonchev–Trinajstić information content (AvgIpc) is 2.30. The number of aliphatic imine (C=N–C) groups is 1. The second kappa shape index (κ2) is 6.33. The molecule has 0 aromatic heterocycles. The fourth-order valence-electron chi connectivity index (χ4n) is 1.61. The van der Waals surface area contributed by atoms with Crippen LogP contribution >= 0.6 is 0 Å². The summed E-state index contributed by atoms with van der Waals surface area (Å²) in [6.45, 7) is 9.85. The Hall–Kier alpha value is -1.44. The third-order valence-electron chi connectivity index (χ3n) is 2.71. The Morgan fingerprint density at radius 3 is 2.71 bits per heavy atom. The molecule has 1 aromatic carbocycles. The van der Waals surface area contributed by atoms with Gasteiger partial charge in [-0.25, -0.2) is 4.39 Å². The summed E-state index contributed by atoms with van der Waals surface area (Å²) in [6, 6.07) is 4.97. The van der Waals surface area contributed by atoms with E-state index in [-0.39, 0.29) is 5.82 Å². The van der Waals surface area contributed by atoms with Crippen molar-refractivity contribution in [2.45, 2.75) is 40.0 Å². The highest BCUT2D eigenvalue weighted by Crippen LogP contribution is 2.18. The van der Waals surface area contributed by atoms with Crippen LogP contribution in [0.25, 0.3) is 5.70 Å². The second-order valence-electron chi connectivity index (χ2n) is 4.36. The van der Waals surface area contributed by atoms with Gasteiger partial charge in [-0.3, -0.25) is 4.99 Å². The van der Waals surface area contributed by atoms with E-state index in [4.69, 9.17) is 0 Å². The van der Waals surface area contributed by atoms with Crippen molar-refractivity contribution in [2.24, 2.45) is 4.99 Å². The zero-order valence-electron chi connectivity index (χ0n) is 10.9. The van der Waals surface area contributed by atoms with Crippen LogP contribution in [-0.2, 0) is 0 Å². The Bertz CT molecular complexity index is 433. The molecule has 0 spiro atoms. The molecule has 0 aliphatic carbocycles. The van der Waals surface area contributed by atoms with E-state index in [2.05, 4.69) is 18.5 Å². The summed E-state index contributed by atoms with van der Waals surface area (Å²) in [5.41, 5.74) is 3.31. The third-order valence-corrected chi connectivity index (χ3v) is 2.71. The average molecular weight is 233 g/mol. The quantitative estimate of drug-likeness (QED) is 0.650. The van der Waals surface area contributed by atoms with Crippen LogP contribution in [0.15, 0.2) is 29.8 Å². The molecule has 0 radical (unpaired) electrons. The zero-order chi connectivity index (χ0) is 12.8. The lowest BCUT2D eigenvalue weighted by atomic mass is 10.1. The molecule has 92 valence electrons. The van der Waals surface area contributed by atoms with Crippen molar-refractivity contribution in [3.05, 3.63) is 41.7 Å². The van der Waals surface area contributed by atoms with E-state index in [1.165, 1.54) is 6.07 Å². The van der Waals surface area contributed by atoms with Crippen molar-refractivity contribution in [3.63, 3.8) is 0 Å². The van der Waals surface area contributed by atoms with Crippen molar-refractivity contribution in [2.75, 3.05) is 0 Å². The molecular formula is C15H20FN. The highest BCUT2D eigenvalue weighted by atomic mass is 19.1. The van der Waals surface area contributed by atoms with Gasteiger partial charge < -0.3 is 0 Å². The van der Waals surface area contributed by atoms with E-state index in [1.54, 1.807) is 19.1 Å². The van der Waals surface area contributed by atoms with Gasteiger partial charge in [-0.2, -0.15) is 0 Å². The summed E-state index contributed by atoms with van der Waals surface area (Å²) >= 11 is 0. The van der Waals surface area contributed by atoms with Gasteiger partial charge in [-0.1, -0.05) is 19.9 Å². The molecule has 2 heteroatoms. The molecule has 0 aliphatic rings. The van der Waals surface area contributed by atoms with Crippen molar-refractivity contribution in [3.8, 4) is 0 Å². The van der Waals surface area contributed by atoms with Crippen LogP contribution in [0.2, 0.25) is 0 Å². The molecule has 0 atom stereocenters. The number of unbranched alkanes of at least 4 members (excludes halogenated alkanes) is 1. The van der Waals surface area contributed by atoms with E-state index < -0.39 is 0 Å². The largest absolute Gasteiger partial charge is 0.258 e. The first-order chi connectivity index (χ1) is 8.04. The Balaban J connectivity index is 2.79. The monoisotopic (exact) mass is 233 g/mol. The Morgan fingerprint density at radius 1 is 1.41 bits per heavy atom. The molecule has 0 unspecified atom stereocenters. The van der Waals surface area contributed by atoms with Gasteiger partial charge in [0.1, 0.15) is 5.82 Å². The first kappa shape index (κ1) is 13.6. The van der Waals surface area contributed by atoms with Gasteiger partial charge >= 0.3 is 0 Å². The Kier molecular flexibility index (Phi) is 5.08. The fourth-order valence-corrected chi connectivity index (χ4v) is 1.61. The van der Waals surface area contributed by atoms with Gasteiger partial charge in [0.15, 0.2) is 0 Å². The van der Waals surface area contributed by atoms with E-state index in [0.29, 0.717) is 11.3 Å². The van der Waals surface area contributed by atoms with Crippen LogP contribution in [0.5, 0.6) is 0 Å². The smallest absolute Gasteiger partial charge is 0.126 e. The van der Waals surface area contributed by atoms with Crippen LogP contribution in [0.1, 0.15) is 44.2 Å². The highest BCUT2D eigenvalue weighted by molar-refractivity contribution is 5.87. The SMILES string of the molecule is C=C(N=C(C)CCCC)c1ccc(F)c(C)c1. The van der Waals surface area contributed by atoms with Crippen LogP contribution < -0.4 is 0 Å². The van der Waals surface area contributed by atoms with E-state index in [1.807, 2.05) is 6.92 Å². The number of aryl methyl sites for hydroxylation is 1. The second-order valence-corrected chi connectivity index (χ2v) is 4.36. The van der Waals surface area contributed by atoms with Gasteiger partial charge in [0, 0.05) is 5.71 Å². The van der Waals surface area contributed by atoms with Gasteiger partial charge in [-0.05, 0) is 56.0 Å². The van der Waals surface area contributed by atoms with Crippen LogP contribution in [-0.4, -0.2) is 5.71 Å². The minimum atomic E-state index is -0.187. The zero-order valence-corrected chi connectivity index (χ0v) is 10.9. The van der Waals surface area contributed by atoms with Gasteiger partial charge in [0.2, 0.25) is 0 Å². The van der Waals surface area contributed by atoms with E-state index in [0.717, 1.165) is 30.5 Å². The molecule has 0 fully saturated rings. The molecule has 0 saturated carbocycles. The molecule has 1 rings (SSSR count). The first-order valence-corrected chi connectivity index (χ1v) is 6.04. The number of hydrogen-bond acceptors (Lipinski definition) is 1. The normalized spacial score (nSPS) is 11.6. The summed E-state index contributed by atoms with van der Waals surface area (Å²) in [5, 5.41) is 0. The molecule has 1 aromatic rings.